The second-order valence-corrected chi connectivity index (χ2v) is 2.53. The Bertz CT molecular complexity index is 184. The summed E-state index contributed by atoms with van der Waals surface area (Å²) in [5.74, 6) is -0.952. The number of amides is 2. The van der Waals surface area contributed by atoms with Crippen LogP contribution in [0, 0.1) is 0 Å². The second kappa shape index (κ2) is 6.38. The molecule has 0 spiro atoms. The van der Waals surface area contributed by atoms with Crippen LogP contribution in [0.5, 0.6) is 0 Å². The minimum absolute atomic E-state index is 0.102. The van der Waals surface area contributed by atoms with E-state index in [1.807, 2.05) is 0 Å². The minimum Gasteiger partial charge on any atom is -0.370 e. The first-order valence-corrected chi connectivity index (χ1v) is 3.94. The number of carbonyl (C=O) groups excluding carboxylic acids is 2. The molecular weight excluding hydrogens is 174 g/mol. The summed E-state index contributed by atoms with van der Waals surface area (Å²) < 4.78 is 4.84. The summed E-state index contributed by atoms with van der Waals surface area (Å²) in [7, 11) is 0. The van der Waals surface area contributed by atoms with Gasteiger partial charge in [-0.25, -0.2) is 0 Å². The highest BCUT2D eigenvalue weighted by molar-refractivity contribution is 5.86. The normalized spacial score (nSPS) is 12.2. The molecule has 6 heteroatoms. The van der Waals surface area contributed by atoms with Crippen molar-refractivity contribution in [1.29, 1.82) is 0 Å². The molecule has 2 amide bonds. The predicted octanol–water partition coefficient (Wildman–Crippen LogP) is -2.05. The van der Waals surface area contributed by atoms with Crippen molar-refractivity contribution >= 4 is 11.8 Å². The number of ether oxygens (including phenoxy) is 1. The molecule has 0 aromatic carbocycles. The summed E-state index contributed by atoms with van der Waals surface area (Å²) in [6.07, 6.45) is 0. The van der Waals surface area contributed by atoms with Crippen LogP contribution >= 0.6 is 0 Å². The summed E-state index contributed by atoms with van der Waals surface area (Å²) in [6, 6.07) is -0.672. The topological polar surface area (TPSA) is 107 Å². The zero-order chi connectivity index (χ0) is 10.3. The van der Waals surface area contributed by atoms with E-state index >= 15 is 0 Å². The lowest BCUT2D eigenvalue weighted by Gasteiger charge is -2.09. The molecule has 0 aliphatic heterocycles. The van der Waals surface area contributed by atoms with Crippen LogP contribution in [-0.2, 0) is 14.3 Å². The van der Waals surface area contributed by atoms with Crippen LogP contribution in [0.4, 0.5) is 0 Å². The highest BCUT2D eigenvalue weighted by Crippen LogP contribution is 1.80. The number of carbonyl (C=O) groups is 2. The second-order valence-electron chi connectivity index (χ2n) is 2.53. The Morgan fingerprint density at radius 2 is 2.15 bits per heavy atom. The molecular formula is C7H15N3O3. The van der Waals surface area contributed by atoms with Gasteiger partial charge in [-0.2, -0.15) is 0 Å². The van der Waals surface area contributed by atoms with Gasteiger partial charge in [0.15, 0.2) is 0 Å². The average Bonchev–Trinajstić information content (AvgIpc) is 2.04. The molecule has 1 unspecified atom stereocenters. The number of nitrogens with two attached hydrogens (primary N) is 2. The van der Waals surface area contributed by atoms with E-state index in [2.05, 4.69) is 5.32 Å². The number of hydrogen-bond donors (Lipinski definition) is 3. The van der Waals surface area contributed by atoms with E-state index in [9.17, 15) is 9.59 Å². The first-order valence-electron chi connectivity index (χ1n) is 3.94. The SMILES string of the molecule is CC(NC(=O)COCCN)C(N)=O. The molecule has 0 saturated carbocycles. The highest BCUT2D eigenvalue weighted by Gasteiger charge is 2.11. The zero-order valence-electron chi connectivity index (χ0n) is 7.58. The molecule has 0 fully saturated rings. The fourth-order valence-corrected chi connectivity index (χ4v) is 0.602. The summed E-state index contributed by atoms with van der Waals surface area (Å²) in [6.45, 7) is 2.08. The van der Waals surface area contributed by atoms with Crippen molar-refractivity contribution < 1.29 is 14.3 Å². The van der Waals surface area contributed by atoms with Crippen LogP contribution in [0.15, 0.2) is 0 Å². The Labute approximate surface area is 76.6 Å². The molecule has 0 rings (SSSR count). The third-order valence-electron chi connectivity index (χ3n) is 1.30. The van der Waals surface area contributed by atoms with Gasteiger partial charge in [-0.3, -0.25) is 9.59 Å². The van der Waals surface area contributed by atoms with Crippen molar-refractivity contribution in [2.45, 2.75) is 13.0 Å². The van der Waals surface area contributed by atoms with E-state index in [0.29, 0.717) is 13.2 Å². The minimum atomic E-state index is -0.672. The molecule has 76 valence electrons. The molecule has 1 atom stereocenters. The maximum absolute atomic E-state index is 10.9. The molecule has 5 N–H and O–H groups in total. The molecule has 0 heterocycles. The highest BCUT2D eigenvalue weighted by atomic mass is 16.5. The van der Waals surface area contributed by atoms with E-state index in [1.165, 1.54) is 6.92 Å². The molecule has 6 nitrogen and oxygen atoms in total. The Morgan fingerprint density at radius 3 is 2.62 bits per heavy atom. The Balaban J connectivity index is 3.56. The van der Waals surface area contributed by atoms with E-state index in [0.717, 1.165) is 0 Å². The van der Waals surface area contributed by atoms with Crippen molar-refractivity contribution in [2.75, 3.05) is 19.8 Å². The fourth-order valence-electron chi connectivity index (χ4n) is 0.602. The van der Waals surface area contributed by atoms with Gasteiger partial charge in [0.1, 0.15) is 12.6 Å². The monoisotopic (exact) mass is 189 g/mol. The predicted molar refractivity (Wildman–Crippen MR) is 46.7 cm³/mol. The first kappa shape index (κ1) is 11.9. The Hall–Kier alpha value is -1.14. The Kier molecular flexibility index (Phi) is 5.82. The van der Waals surface area contributed by atoms with Crippen molar-refractivity contribution in [3.05, 3.63) is 0 Å². The number of hydrogen-bond acceptors (Lipinski definition) is 4. The standard InChI is InChI=1S/C7H15N3O3/c1-5(7(9)12)10-6(11)4-13-3-2-8/h5H,2-4,8H2,1H3,(H2,9,12)(H,10,11). The number of primary amides is 1. The third-order valence-corrected chi connectivity index (χ3v) is 1.30. The van der Waals surface area contributed by atoms with Crippen molar-refractivity contribution in [1.82, 2.24) is 5.32 Å². The van der Waals surface area contributed by atoms with Crippen LogP contribution in [0.3, 0.4) is 0 Å². The van der Waals surface area contributed by atoms with Gasteiger partial charge in [0.2, 0.25) is 11.8 Å². The van der Waals surface area contributed by atoms with Gasteiger partial charge in [-0.1, -0.05) is 0 Å². The fraction of sp³-hybridized carbons (Fsp3) is 0.714. The van der Waals surface area contributed by atoms with Crippen molar-refractivity contribution in [3.63, 3.8) is 0 Å². The van der Waals surface area contributed by atoms with Gasteiger partial charge >= 0.3 is 0 Å². The smallest absolute Gasteiger partial charge is 0.246 e. The number of nitrogens with one attached hydrogen (secondary N) is 1. The summed E-state index contributed by atoms with van der Waals surface area (Å²) in [5.41, 5.74) is 10.1. The van der Waals surface area contributed by atoms with Gasteiger partial charge in [0.25, 0.3) is 0 Å². The van der Waals surface area contributed by atoms with Crippen LogP contribution < -0.4 is 16.8 Å². The van der Waals surface area contributed by atoms with E-state index in [1.54, 1.807) is 0 Å². The maximum atomic E-state index is 10.9. The molecule has 0 radical (unpaired) electrons. The summed E-state index contributed by atoms with van der Waals surface area (Å²) in [4.78, 5) is 21.5. The van der Waals surface area contributed by atoms with E-state index in [-0.39, 0.29) is 12.5 Å². The van der Waals surface area contributed by atoms with Gasteiger partial charge in [0.05, 0.1) is 6.61 Å². The molecule has 0 aliphatic carbocycles. The molecule has 13 heavy (non-hydrogen) atoms. The molecule has 0 saturated heterocycles. The summed E-state index contributed by atoms with van der Waals surface area (Å²) >= 11 is 0. The van der Waals surface area contributed by atoms with Crippen LogP contribution in [0.25, 0.3) is 0 Å². The lowest BCUT2D eigenvalue weighted by atomic mass is 10.3. The maximum Gasteiger partial charge on any atom is 0.246 e. The number of rotatable bonds is 6. The molecule has 0 aliphatic rings. The van der Waals surface area contributed by atoms with E-state index in [4.69, 9.17) is 16.2 Å². The van der Waals surface area contributed by atoms with Gasteiger partial charge < -0.3 is 21.5 Å². The first-order chi connectivity index (χ1) is 6.07. The third kappa shape index (κ3) is 6.06. The molecule has 0 bridgehead atoms. The van der Waals surface area contributed by atoms with Crippen molar-refractivity contribution in [3.8, 4) is 0 Å². The van der Waals surface area contributed by atoms with Crippen molar-refractivity contribution in [2.24, 2.45) is 11.5 Å². The largest absolute Gasteiger partial charge is 0.370 e. The average molecular weight is 189 g/mol. The Morgan fingerprint density at radius 1 is 1.54 bits per heavy atom. The van der Waals surface area contributed by atoms with Gasteiger partial charge in [0, 0.05) is 6.54 Å². The zero-order valence-corrected chi connectivity index (χ0v) is 7.58. The van der Waals surface area contributed by atoms with Gasteiger partial charge in [-0.05, 0) is 6.92 Å². The van der Waals surface area contributed by atoms with E-state index < -0.39 is 11.9 Å². The van der Waals surface area contributed by atoms with Crippen LogP contribution in [-0.4, -0.2) is 37.6 Å². The van der Waals surface area contributed by atoms with Gasteiger partial charge in [-0.15, -0.1) is 0 Å². The lowest BCUT2D eigenvalue weighted by Crippen LogP contribution is -2.43. The van der Waals surface area contributed by atoms with Crippen LogP contribution in [0.1, 0.15) is 6.92 Å². The van der Waals surface area contributed by atoms with Crippen LogP contribution in [0.2, 0.25) is 0 Å². The molecule has 0 aromatic heterocycles. The quantitative estimate of drug-likeness (QED) is 0.418. The lowest BCUT2D eigenvalue weighted by molar-refractivity contribution is -0.129. The summed E-state index contributed by atoms with van der Waals surface area (Å²) in [5, 5.41) is 2.36. The molecule has 0 aromatic rings.